The molecule has 4 aliphatic heterocycles. The second kappa shape index (κ2) is 9.16. The van der Waals surface area contributed by atoms with E-state index in [-0.39, 0.29) is 12.2 Å². The maximum atomic E-state index is 9.33. The first-order valence-electron chi connectivity index (χ1n) is 10.8. The zero-order valence-corrected chi connectivity index (χ0v) is 17.4. The molecule has 5 heterocycles. The Balaban J connectivity index is 0.000000162. The van der Waals surface area contributed by atoms with Crippen molar-refractivity contribution in [3.63, 3.8) is 0 Å². The number of fused-ring (bicyclic) bond motifs is 2. The average molecular weight is 409 g/mol. The molecule has 4 unspecified atom stereocenters. The Labute approximate surface area is 173 Å². The van der Waals surface area contributed by atoms with Crippen molar-refractivity contribution in [1.29, 1.82) is 0 Å². The molecule has 0 radical (unpaired) electrons. The number of nitrogen functional groups attached to an aromatic ring is 1. The molecule has 3 N–H and O–H groups in total. The fourth-order valence-corrected chi connectivity index (χ4v) is 5.43. The van der Waals surface area contributed by atoms with Crippen LogP contribution in [0.1, 0.15) is 51.4 Å². The number of hydrogen-bond donors (Lipinski definition) is 2. The van der Waals surface area contributed by atoms with Crippen molar-refractivity contribution in [1.82, 2.24) is 14.8 Å². The smallest absolute Gasteiger partial charge is 0.217 e. The van der Waals surface area contributed by atoms with E-state index in [0.29, 0.717) is 22.8 Å². The van der Waals surface area contributed by atoms with Crippen LogP contribution in [0.3, 0.4) is 0 Å². The summed E-state index contributed by atoms with van der Waals surface area (Å²) >= 11 is 5.88. The zero-order valence-electron chi connectivity index (χ0n) is 16.6. The Kier molecular flexibility index (Phi) is 6.61. The zero-order chi connectivity index (χ0) is 19.5. The fraction of sp³-hybridized carbons (Fsp3) is 0.762. The van der Waals surface area contributed by atoms with E-state index in [1.54, 1.807) is 12.1 Å². The Hall–Kier alpha value is -1.08. The van der Waals surface area contributed by atoms with Crippen LogP contribution in [-0.2, 0) is 0 Å². The number of anilines is 1. The predicted molar refractivity (Wildman–Crippen MR) is 112 cm³/mol. The number of aliphatic hydroxyl groups is 1. The van der Waals surface area contributed by atoms with Crippen LogP contribution in [0.4, 0.5) is 5.69 Å². The standard InChI is InChI=1S/C13H18ClN3O.C8H15NO/c14-12-6-9(15)7-13(16-12)18-11-3-5-17-4-1-2-10(17)8-11;10-8-3-5-9-4-1-2-7(9)6-8/h6-7,10-11H,1-5,8H2,(H2,15,16);7-8,10H,1-6H2. The van der Waals surface area contributed by atoms with Crippen molar-refractivity contribution in [3.05, 3.63) is 17.3 Å². The molecule has 0 spiro atoms. The summed E-state index contributed by atoms with van der Waals surface area (Å²) < 4.78 is 5.92. The molecule has 1 aromatic heterocycles. The van der Waals surface area contributed by atoms with Gasteiger partial charge in [-0.05, 0) is 70.5 Å². The SMILES string of the molecule is Nc1cc(Cl)nc(OC2CCN3CCCC3C2)c1.OC1CCN2CCCC2C1. The molecular formula is C21H33ClN4O2. The number of nitrogens with two attached hydrogens (primary N) is 1. The van der Waals surface area contributed by atoms with Crippen LogP contribution >= 0.6 is 11.6 Å². The maximum Gasteiger partial charge on any atom is 0.217 e. The van der Waals surface area contributed by atoms with Crippen LogP contribution in [-0.4, -0.2) is 70.4 Å². The number of piperidine rings is 2. The molecule has 0 aliphatic carbocycles. The van der Waals surface area contributed by atoms with Gasteiger partial charge in [-0.1, -0.05) is 11.6 Å². The van der Waals surface area contributed by atoms with Gasteiger partial charge in [0.25, 0.3) is 0 Å². The number of ether oxygens (including phenoxy) is 1. The summed E-state index contributed by atoms with van der Waals surface area (Å²) in [4.78, 5) is 9.25. The summed E-state index contributed by atoms with van der Waals surface area (Å²) in [5.74, 6) is 0.552. The highest BCUT2D eigenvalue weighted by Gasteiger charge is 2.33. The summed E-state index contributed by atoms with van der Waals surface area (Å²) in [5, 5.41) is 9.72. The van der Waals surface area contributed by atoms with Gasteiger partial charge in [0.1, 0.15) is 11.3 Å². The van der Waals surface area contributed by atoms with Gasteiger partial charge >= 0.3 is 0 Å². The number of rotatable bonds is 2. The lowest BCUT2D eigenvalue weighted by molar-refractivity contribution is 0.0621. The van der Waals surface area contributed by atoms with Gasteiger partial charge in [-0.25, -0.2) is 4.98 Å². The molecule has 0 saturated carbocycles. The molecule has 6 nitrogen and oxygen atoms in total. The molecule has 156 valence electrons. The number of aliphatic hydroxyl groups excluding tert-OH is 1. The van der Waals surface area contributed by atoms with E-state index in [1.807, 2.05) is 0 Å². The first kappa shape index (κ1) is 20.2. The Bertz CT molecular complexity index is 641. The quantitative estimate of drug-likeness (QED) is 0.733. The summed E-state index contributed by atoms with van der Waals surface area (Å²) in [6, 6.07) is 4.80. The van der Waals surface area contributed by atoms with E-state index < -0.39 is 0 Å². The number of nitrogens with zero attached hydrogens (tertiary/aromatic N) is 3. The summed E-state index contributed by atoms with van der Waals surface area (Å²) in [7, 11) is 0. The molecule has 28 heavy (non-hydrogen) atoms. The van der Waals surface area contributed by atoms with Crippen LogP contribution < -0.4 is 10.5 Å². The molecule has 0 bridgehead atoms. The van der Waals surface area contributed by atoms with E-state index in [0.717, 1.165) is 44.8 Å². The third-order valence-electron chi connectivity index (χ3n) is 6.65. The Morgan fingerprint density at radius 2 is 1.64 bits per heavy atom. The van der Waals surface area contributed by atoms with Gasteiger partial charge in [0.05, 0.1) is 6.10 Å². The third-order valence-corrected chi connectivity index (χ3v) is 6.84. The number of halogens is 1. The van der Waals surface area contributed by atoms with E-state index in [9.17, 15) is 5.11 Å². The maximum absolute atomic E-state index is 9.33. The second-order valence-electron chi connectivity index (χ2n) is 8.67. The second-order valence-corrected chi connectivity index (χ2v) is 9.06. The third kappa shape index (κ3) is 5.09. The Morgan fingerprint density at radius 1 is 0.964 bits per heavy atom. The number of hydrogen-bond acceptors (Lipinski definition) is 6. The molecule has 4 saturated heterocycles. The fourth-order valence-electron chi connectivity index (χ4n) is 5.22. The van der Waals surface area contributed by atoms with Crippen LogP contribution in [0.15, 0.2) is 12.1 Å². The molecule has 7 heteroatoms. The van der Waals surface area contributed by atoms with Crippen LogP contribution in [0.25, 0.3) is 0 Å². The minimum absolute atomic E-state index is 0.000602. The minimum Gasteiger partial charge on any atom is -0.474 e. The number of aromatic nitrogens is 1. The lowest BCUT2D eigenvalue weighted by Crippen LogP contribution is -2.42. The van der Waals surface area contributed by atoms with Crippen molar-refractivity contribution in [2.75, 3.05) is 31.9 Å². The summed E-state index contributed by atoms with van der Waals surface area (Å²) in [5.41, 5.74) is 6.34. The topological polar surface area (TPSA) is 74.8 Å². The molecule has 1 aromatic rings. The monoisotopic (exact) mass is 408 g/mol. The minimum atomic E-state index is -0.000602. The average Bonchev–Trinajstić information content (AvgIpc) is 3.29. The molecule has 0 amide bonds. The largest absolute Gasteiger partial charge is 0.474 e. The number of pyridine rings is 1. The van der Waals surface area contributed by atoms with Gasteiger partial charge in [-0.3, -0.25) is 0 Å². The van der Waals surface area contributed by atoms with Gasteiger partial charge in [0, 0.05) is 36.9 Å². The normalized spacial score (nSPS) is 32.9. The van der Waals surface area contributed by atoms with Crippen molar-refractivity contribution in [3.8, 4) is 5.88 Å². The highest BCUT2D eigenvalue weighted by Crippen LogP contribution is 2.30. The van der Waals surface area contributed by atoms with Crippen LogP contribution in [0, 0.1) is 0 Å². The van der Waals surface area contributed by atoms with Gasteiger partial charge < -0.3 is 25.4 Å². The highest BCUT2D eigenvalue weighted by molar-refractivity contribution is 6.29. The van der Waals surface area contributed by atoms with Gasteiger partial charge in [-0.2, -0.15) is 0 Å². The van der Waals surface area contributed by atoms with Gasteiger partial charge in [0.2, 0.25) is 5.88 Å². The lowest BCUT2D eigenvalue weighted by Gasteiger charge is -2.34. The van der Waals surface area contributed by atoms with E-state index in [2.05, 4.69) is 14.8 Å². The predicted octanol–water partition coefficient (Wildman–Crippen LogP) is 2.93. The molecule has 4 atom stereocenters. The summed E-state index contributed by atoms with van der Waals surface area (Å²) in [6.07, 6.45) is 9.70. The molecule has 4 aliphatic rings. The van der Waals surface area contributed by atoms with Crippen LogP contribution in [0.2, 0.25) is 5.15 Å². The highest BCUT2D eigenvalue weighted by atomic mass is 35.5. The van der Waals surface area contributed by atoms with E-state index >= 15 is 0 Å². The lowest BCUT2D eigenvalue weighted by atomic mass is 10.00. The first-order chi connectivity index (χ1) is 13.6. The Morgan fingerprint density at radius 3 is 2.36 bits per heavy atom. The molecular weight excluding hydrogens is 376 g/mol. The van der Waals surface area contributed by atoms with E-state index in [1.165, 1.54) is 38.8 Å². The first-order valence-corrected chi connectivity index (χ1v) is 11.2. The van der Waals surface area contributed by atoms with Crippen molar-refractivity contribution in [2.45, 2.75) is 75.7 Å². The molecule has 4 fully saturated rings. The summed E-state index contributed by atoms with van der Waals surface area (Å²) in [6.45, 7) is 4.79. The van der Waals surface area contributed by atoms with Crippen molar-refractivity contribution < 1.29 is 9.84 Å². The molecule has 0 aromatic carbocycles. The van der Waals surface area contributed by atoms with E-state index in [4.69, 9.17) is 22.1 Å². The van der Waals surface area contributed by atoms with Crippen molar-refractivity contribution in [2.24, 2.45) is 0 Å². The molecule has 5 rings (SSSR count). The van der Waals surface area contributed by atoms with Crippen LogP contribution in [0.5, 0.6) is 5.88 Å². The van der Waals surface area contributed by atoms with Gasteiger partial charge in [0.15, 0.2) is 0 Å². The van der Waals surface area contributed by atoms with Crippen molar-refractivity contribution >= 4 is 17.3 Å². The van der Waals surface area contributed by atoms with Gasteiger partial charge in [-0.15, -0.1) is 0 Å².